The summed E-state index contributed by atoms with van der Waals surface area (Å²) in [6, 6.07) is 15.9. The Morgan fingerprint density at radius 3 is 2.71 bits per heavy atom. The molecule has 3 aromatic rings. The Morgan fingerprint density at radius 2 is 1.82 bits per heavy atom. The smallest absolute Gasteiger partial charge is 0.150 e. The third kappa shape index (κ3) is 1.74. The van der Waals surface area contributed by atoms with Gasteiger partial charge in [0.05, 0.1) is 0 Å². The molecule has 0 aliphatic carbocycles. The minimum absolute atomic E-state index is 0.703. The summed E-state index contributed by atoms with van der Waals surface area (Å²) in [5.41, 5.74) is 3.99. The first-order chi connectivity index (χ1) is 8.36. The van der Waals surface area contributed by atoms with Crippen LogP contribution in [0.1, 0.15) is 10.4 Å². The highest BCUT2D eigenvalue weighted by molar-refractivity contribution is 5.86. The molecule has 82 valence electrons. The van der Waals surface area contributed by atoms with Crippen LogP contribution in [0.15, 0.2) is 54.7 Å². The maximum atomic E-state index is 10.8. The zero-order valence-corrected chi connectivity index (χ0v) is 9.18. The lowest BCUT2D eigenvalue weighted by Crippen LogP contribution is -1.82. The molecule has 0 unspecified atom stereocenters. The summed E-state index contributed by atoms with van der Waals surface area (Å²) in [4.78, 5) is 13.9. The van der Waals surface area contributed by atoms with Gasteiger partial charge in [-0.2, -0.15) is 0 Å². The fourth-order valence-corrected chi connectivity index (χ4v) is 2.02. The molecule has 2 nitrogen and oxygen atoms in total. The van der Waals surface area contributed by atoms with E-state index in [-0.39, 0.29) is 0 Å². The highest BCUT2D eigenvalue weighted by Gasteiger charge is 2.01. The van der Waals surface area contributed by atoms with Gasteiger partial charge in [0, 0.05) is 17.3 Å². The van der Waals surface area contributed by atoms with Crippen molar-refractivity contribution in [1.29, 1.82) is 0 Å². The van der Waals surface area contributed by atoms with Crippen LogP contribution in [0.4, 0.5) is 0 Å². The second-order valence-electron chi connectivity index (χ2n) is 4.02. The summed E-state index contributed by atoms with van der Waals surface area (Å²) in [5.74, 6) is 0. The molecule has 2 heteroatoms. The Balaban J connectivity index is 2.15. The van der Waals surface area contributed by atoms with E-state index in [1.807, 2.05) is 36.5 Å². The van der Waals surface area contributed by atoms with E-state index in [0.29, 0.717) is 5.56 Å². The molecular weight excluding hydrogens is 210 g/mol. The zero-order valence-electron chi connectivity index (χ0n) is 9.18. The van der Waals surface area contributed by atoms with Gasteiger partial charge in [0.1, 0.15) is 6.29 Å². The van der Waals surface area contributed by atoms with E-state index in [2.05, 4.69) is 23.2 Å². The maximum Gasteiger partial charge on any atom is 0.150 e. The van der Waals surface area contributed by atoms with E-state index < -0.39 is 0 Å². The summed E-state index contributed by atoms with van der Waals surface area (Å²) in [6.45, 7) is 0. The first-order valence-corrected chi connectivity index (χ1v) is 5.49. The Kier molecular flexibility index (Phi) is 2.26. The number of aromatic nitrogens is 1. The number of hydrogen-bond donors (Lipinski definition) is 1. The molecule has 17 heavy (non-hydrogen) atoms. The number of aromatic amines is 1. The first-order valence-electron chi connectivity index (χ1n) is 5.49. The van der Waals surface area contributed by atoms with E-state index in [1.54, 1.807) is 0 Å². The van der Waals surface area contributed by atoms with Gasteiger partial charge in [0.2, 0.25) is 0 Å². The first kappa shape index (κ1) is 9.85. The van der Waals surface area contributed by atoms with Gasteiger partial charge < -0.3 is 4.98 Å². The van der Waals surface area contributed by atoms with Crippen LogP contribution in [0.5, 0.6) is 0 Å². The van der Waals surface area contributed by atoms with E-state index in [4.69, 9.17) is 0 Å². The highest BCUT2D eigenvalue weighted by atomic mass is 16.1. The van der Waals surface area contributed by atoms with Crippen LogP contribution in [-0.4, -0.2) is 11.3 Å². The number of benzene rings is 2. The lowest BCUT2D eigenvalue weighted by molar-refractivity contribution is 0.112. The van der Waals surface area contributed by atoms with Gasteiger partial charge in [-0.1, -0.05) is 30.3 Å². The number of hydrogen-bond acceptors (Lipinski definition) is 1. The molecule has 1 N–H and O–H groups in total. The Bertz CT molecular complexity index is 682. The third-order valence-corrected chi connectivity index (χ3v) is 2.91. The van der Waals surface area contributed by atoms with E-state index in [0.717, 1.165) is 22.9 Å². The molecule has 0 saturated carbocycles. The van der Waals surface area contributed by atoms with Gasteiger partial charge in [0.25, 0.3) is 0 Å². The molecule has 0 aliphatic rings. The topological polar surface area (TPSA) is 32.9 Å². The van der Waals surface area contributed by atoms with Crippen molar-refractivity contribution in [3.8, 4) is 11.1 Å². The lowest BCUT2D eigenvalue weighted by atomic mass is 10.0. The molecule has 0 saturated heterocycles. The van der Waals surface area contributed by atoms with Crippen LogP contribution in [0.25, 0.3) is 22.0 Å². The van der Waals surface area contributed by atoms with Crippen molar-refractivity contribution in [2.75, 3.05) is 0 Å². The van der Waals surface area contributed by atoms with Crippen LogP contribution < -0.4 is 0 Å². The van der Waals surface area contributed by atoms with E-state index >= 15 is 0 Å². The van der Waals surface area contributed by atoms with Crippen molar-refractivity contribution in [1.82, 2.24) is 4.98 Å². The lowest BCUT2D eigenvalue weighted by Gasteiger charge is -2.02. The summed E-state index contributed by atoms with van der Waals surface area (Å²) in [7, 11) is 0. The van der Waals surface area contributed by atoms with Gasteiger partial charge in [-0.25, -0.2) is 0 Å². The predicted octanol–water partition coefficient (Wildman–Crippen LogP) is 3.65. The molecule has 0 bridgehead atoms. The molecule has 0 fully saturated rings. The number of rotatable bonds is 2. The van der Waals surface area contributed by atoms with Crippen LogP contribution in [0.2, 0.25) is 0 Å². The predicted molar refractivity (Wildman–Crippen MR) is 69.1 cm³/mol. The quantitative estimate of drug-likeness (QED) is 0.658. The number of H-pyrrole nitrogens is 1. The normalized spacial score (nSPS) is 10.6. The largest absolute Gasteiger partial charge is 0.361 e. The number of nitrogens with one attached hydrogen (secondary N) is 1. The molecule has 0 aliphatic heterocycles. The average molecular weight is 221 g/mol. The van der Waals surface area contributed by atoms with Crippen LogP contribution in [0, 0.1) is 0 Å². The molecule has 1 heterocycles. The molecule has 1 aromatic heterocycles. The summed E-state index contributed by atoms with van der Waals surface area (Å²) in [6.07, 6.45) is 2.80. The Labute approximate surface area is 98.9 Å². The van der Waals surface area contributed by atoms with E-state index in [1.165, 1.54) is 5.39 Å². The van der Waals surface area contributed by atoms with E-state index in [9.17, 15) is 4.79 Å². The fraction of sp³-hybridized carbons (Fsp3) is 0. The van der Waals surface area contributed by atoms with Crippen molar-refractivity contribution in [3.05, 3.63) is 60.3 Å². The average Bonchev–Trinajstić information content (AvgIpc) is 2.86. The molecule has 0 radical (unpaired) electrons. The number of aldehydes is 1. The van der Waals surface area contributed by atoms with Gasteiger partial charge >= 0.3 is 0 Å². The molecular formula is C15H11NO. The second-order valence-corrected chi connectivity index (χ2v) is 4.02. The third-order valence-electron chi connectivity index (χ3n) is 2.91. The molecule has 2 aromatic carbocycles. The van der Waals surface area contributed by atoms with Crippen molar-refractivity contribution < 1.29 is 4.79 Å². The van der Waals surface area contributed by atoms with Crippen molar-refractivity contribution >= 4 is 17.2 Å². The molecule has 0 spiro atoms. The molecule has 0 atom stereocenters. The minimum Gasteiger partial charge on any atom is -0.361 e. The number of fused-ring (bicyclic) bond motifs is 1. The van der Waals surface area contributed by atoms with Crippen LogP contribution in [-0.2, 0) is 0 Å². The summed E-state index contributed by atoms with van der Waals surface area (Å²) < 4.78 is 0. The summed E-state index contributed by atoms with van der Waals surface area (Å²) >= 11 is 0. The van der Waals surface area contributed by atoms with Gasteiger partial charge in [0.15, 0.2) is 0 Å². The fourth-order valence-electron chi connectivity index (χ4n) is 2.02. The van der Waals surface area contributed by atoms with Gasteiger partial charge in [-0.15, -0.1) is 0 Å². The number of carbonyl (C=O) groups excluding carboxylic acids is 1. The second kappa shape index (κ2) is 3.91. The minimum atomic E-state index is 0.703. The summed E-state index contributed by atoms with van der Waals surface area (Å²) in [5, 5.41) is 1.19. The van der Waals surface area contributed by atoms with Gasteiger partial charge in [-0.3, -0.25) is 4.79 Å². The maximum absolute atomic E-state index is 10.8. The Hall–Kier alpha value is -2.35. The highest BCUT2D eigenvalue weighted by Crippen LogP contribution is 2.24. The monoisotopic (exact) mass is 221 g/mol. The zero-order chi connectivity index (χ0) is 11.7. The van der Waals surface area contributed by atoms with Crippen LogP contribution in [0.3, 0.4) is 0 Å². The Morgan fingerprint density at radius 1 is 0.941 bits per heavy atom. The van der Waals surface area contributed by atoms with Crippen molar-refractivity contribution in [2.45, 2.75) is 0 Å². The molecule has 0 amide bonds. The van der Waals surface area contributed by atoms with Crippen molar-refractivity contribution in [3.63, 3.8) is 0 Å². The number of carbonyl (C=O) groups is 1. The SMILES string of the molecule is O=Cc1cccc(-c2ccc3cc[nH]c3c2)c1. The van der Waals surface area contributed by atoms with Crippen LogP contribution >= 0.6 is 0 Å². The van der Waals surface area contributed by atoms with Crippen molar-refractivity contribution in [2.24, 2.45) is 0 Å². The molecule has 3 rings (SSSR count). The standard InChI is InChI=1S/C15H11NO/c17-10-11-2-1-3-13(8-11)14-5-4-12-6-7-16-15(12)9-14/h1-10,16H. The van der Waals surface area contributed by atoms with Gasteiger partial charge in [-0.05, 0) is 34.7 Å².